The van der Waals surface area contributed by atoms with Gasteiger partial charge in [-0.1, -0.05) is 6.07 Å². The summed E-state index contributed by atoms with van der Waals surface area (Å²) in [5, 5.41) is 6.64. The van der Waals surface area contributed by atoms with E-state index in [4.69, 9.17) is 9.73 Å². The predicted molar refractivity (Wildman–Crippen MR) is 118 cm³/mol. The summed E-state index contributed by atoms with van der Waals surface area (Å²) in [6.45, 7) is 1.94. The first-order valence-corrected chi connectivity index (χ1v) is 9.62. The third-order valence-corrected chi connectivity index (χ3v) is 4.66. The molecule has 0 aliphatic carbocycles. The lowest BCUT2D eigenvalue weighted by Gasteiger charge is -2.29. The molecule has 9 heteroatoms. The van der Waals surface area contributed by atoms with Crippen molar-refractivity contribution in [2.45, 2.75) is 13.2 Å². The Morgan fingerprint density at radius 1 is 1.06 bits per heavy atom. The van der Waals surface area contributed by atoms with Gasteiger partial charge in [-0.25, -0.2) is 19.4 Å². The maximum absolute atomic E-state index is 13.2. The van der Waals surface area contributed by atoms with Gasteiger partial charge in [0.2, 0.25) is 0 Å². The number of benzene rings is 1. The van der Waals surface area contributed by atoms with Gasteiger partial charge in [0.1, 0.15) is 5.84 Å². The van der Waals surface area contributed by atoms with Crippen molar-refractivity contribution < 1.29 is 9.13 Å². The van der Waals surface area contributed by atoms with Crippen LogP contribution in [0.5, 0.6) is 5.75 Å². The summed E-state index contributed by atoms with van der Waals surface area (Å²) >= 11 is 0. The summed E-state index contributed by atoms with van der Waals surface area (Å²) in [6, 6.07) is 9.44. The molecular weight excluding hydrogens is 397 g/mol. The molecule has 158 valence electrons. The third-order valence-electron chi connectivity index (χ3n) is 4.66. The number of nitrogens with one attached hydrogen (secondary N) is 2. The molecule has 1 aliphatic rings. The Bertz CT molecular complexity index is 1110. The van der Waals surface area contributed by atoms with E-state index in [2.05, 4.69) is 25.6 Å². The van der Waals surface area contributed by atoms with Gasteiger partial charge in [0, 0.05) is 18.9 Å². The zero-order valence-corrected chi connectivity index (χ0v) is 17.4. The van der Waals surface area contributed by atoms with Crippen LogP contribution in [0.3, 0.4) is 0 Å². The van der Waals surface area contributed by atoms with Gasteiger partial charge in [0.05, 0.1) is 42.6 Å². The molecule has 4 rings (SSSR count). The predicted octanol–water partition coefficient (Wildman–Crippen LogP) is 3.66. The molecule has 0 fully saturated rings. The molecule has 0 saturated carbocycles. The van der Waals surface area contributed by atoms with Crippen LogP contribution in [0.2, 0.25) is 0 Å². The first-order chi connectivity index (χ1) is 15.0. The van der Waals surface area contributed by atoms with Crippen LogP contribution in [0.15, 0.2) is 66.2 Å². The number of nitrogens with zero attached hydrogens (tertiary/aromatic N) is 5. The van der Waals surface area contributed by atoms with E-state index in [0.717, 1.165) is 23.8 Å². The number of ether oxygens (including phenoxy) is 1. The number of hydrogen-bond acceptors (Lipinski definition) is 8. The molecule has 0 bridgehead atoms. The second-order valence-corrected chi connectivity index (χ2v) is 6.94. The topological polar surface area (TPSA) is 87.6 Å². The molecule has 0 saturated heterocycles. The van der Waals surface area contributed by atoms with Crippen molar-refractivity contribution in [1.29, 1.82) is 0 Å². The molecule has 8 nitrogen and oxygen atoms in total. The van der Waals surface area contributed by atoms with E-state index < -0.39 is 5.82 Å². The molecule has 1 atom stereocenters. The number of pyridine rings is 1. The van der Waals surface area contributed by atoms with Gasteiger partial charge in [-0.2, -0.15) is 0 Å². The maximum atomic E-state index is 13.2. The van der Waals surface area contributed by atoms with Gasteiger partial charge in [0.25, 0.3) is 0 Å². The van der Waals surface area contributed by atoms with Gasteiger partial charge in [-0.05, 0) is 37.3 Å². The fourth-order valence-electron chi connectivity index (χ4n) is 3.07. The zero-order chi connectivity index (χ0) is 21.8. The molecule has 1 aromatic carbocycles. The van der Waals surface area contributed by atoms with Crippen molar-refractivity contribution in [3.8, 4) is 17.1 Å². The highest BCUT2D eigenvalue weighted by Gasteiger charge is 2.18. The fraction of sp³-hybridized carbons (Fsp3) is 0.182. The zero-order valence-electron chi connectivity index (χ0n) is 17.4. The van der Waals surface area contributed by atoms with Gasteiger partial charge >= 0.3 is 0 Å². The van der Waals surface area contributed by atoms with Crippen LogP contribution in [-0.4, -0.2) is 46.1 Å². The Balaban J connectivity index is 1.59. The summed E-state index contributed by atoms with van der Waals surface area (Å²) in [4.78, 5) is 19.1. The van der Waals surface area contributed by atoms with Gasteiger partial charge in [0.15, 0.2) is 23.7 Å². The highest BCUT2D eigenvalue weighted by Crippen LogP contribution is 2.35. The minimum atomic E-state index is -0.495. The molecule has 2 aromatic heterocycles. The Kier molecular flexibility index (Phi) is 5.74. The molecule has 2 N–H and O–H groups in total. The first kappa shape index (κ1) is 20.3. The molecule has 0 spiro atoms. The molecule has 31 heavy (non-hydrogen) atoms. The van der Waals surface area contributed by atoms with Crippen molar-refractivity contribution in [3.63, 3.8) is 0 Å². The van der Waals surface area contributed by atoms with Crippen molar-refractivity contribution in [1.82, 2.24) is 19.9 Å². The summed E-state index contributed by atoms with van der Waals surface area (Å²) in [5.74, 6) is 1.06. The molecule has 0 radical (unpaired) electrons. The highest BCUT2D eigenvalue weighted by atomic mass is 19.1. The number of halogens is 1. The van der Waals surface area contributed by atoms with E-state index in [1.165, 1.54) is 0 Å². The Labute approximate surface area is 179 Å². The molecule has 1 unspecified atom stereocenters. The van der Waals surface area contributed by atoms with Crippen molar-refractivity contribution >= 4 is 17.2 Å². The molecule has 0 amide bonds. The number of amidine groups is 1. The van der Waals surface area contributed by atoms with Crippen LogP contribution in [-0.2, 0) is 0 Å². The first-order valence-electron chi connectivity index (χ1n) is 9.62. The molecule has 3 aromatic rings. The van der Waals surface area contributed by atoms with Crippen molar-refractivity contribution in [2.24, 2.45) is 4.99 Å². The Morgan fingerprint density at radius 3 is 2.58 bits per heavy atom. The lowest BCUT2D eigenvalue weighted by atomic mass is 10.1. The van der Waals surface area contributed by atoms with E-state index in [-0.39, 0.29) is 6.29 Å². The SMILES string of the molecule is COc1c(NC2=NC(Nc3ccc(C)nc3)N(C)C=C2)cccc1-c1ncc(F)cn1. The Morgan fingerprint density at radius 2 is 1.87 bits per heavy atom. The summed E-state index contributed by atoms with van der Waals surface area (Å²) < 4.78 is 18.8. The summed E-state index contributed by atoms with van der Waals surface area (Å²) in [6.07, 6.45) is 7.51. The lowest BCUT2D eigenvalue weighted by molar-refractivity contribution is 0.368. The van der Waals surface area contributed by atoms with Crippen LogP contribution in [0.25, 0.3) is 11.4 Å². The second kappa shape index (κ2) is 8.78. The number of para-hydroxylation sites is 1. The van der Waals surface area contributed by atoms with Crippen LogP contribution < -0.4 is 15.4 Å². The maximum Gasteiger partial charge on any atom is 0.198 e. The third kappa shape index (κ3) is 4.61. The van der Waals surface area contributed by atoms with Crippen LogP contribution >= 0.6 is 0 Å². The largest absolute Gasteiger partial charge is 0.494 e. The molecule has 3 heterocycles. The van der Waals surface area contributed by atoms with E-state index in [1.807, 2.05) is 61.5 Å². The normalized spacial score (nSPS) is 15.4. The minimum absolute atomic E-state index is 0.313. The Hall–Kier alpha value is -4.01. The highest BCUT2D eigenvalue weighted by molar-refractivity contribution is 6.05. The van der Waals surface area contributed by atoms with Crippen molar-refractivity contribution in [2.75, 3.05) is 24.8 Å². The average molecular weight is 419 g/mol. The number of aromatic nitrogens is 3. The quantitative estimate of drug-likeness (QED) is 0.653. The average Bonchev–Trinajstić information content (AvgIpc) is 2.78. The van der Waals surface area contributed by atoms with Crippen molar-refractivity contribution in [3.05, 3.63) is 72.7 Å². The lowest BCUT2D eigenvalue weighted by Crippen LogP contribution is -2.37. The number of rotatable bonds is 5. The summed E-state index contributed by atoms with van der Waals surface area (Å²) in [7, 11) is 3.50. The van der Waals surface area contributed by atoms with Crippen LogP contribution in [0.4, 0.5) is 15.8 Å². The van der Waals surface area contributed by atoms with Gasteiger partial charge in [-0.15, -0.1) is 0 Å². The number of hydrogen-bond donors (Lipinski definition) is 2. The van der Waals surface area contributed by atoms with Gasteiger partial charge < -0.3 is 20.3 Å². The number of aliphatic imine (C=N–C) groups is 1. The number of methoxy groups -OCH3 is 1. The second-order valence-electron chi connectivity index (χ2n) is 6.94. The fourth-order valence-corrected chi connectivity index (χ4v) is 3.07. The smallest absolute Gasteiger partial charge is 0.198 e. The van der Waals surface area contributed by atoms with E-state index in [1.54, 1.807) is 13.3 Å². The number of aryl methyl sites for hydroxylation is 1. The molecular formula is C22H22FN7O. The molecule has 1 aliphatic heterocycles. The number of anilines is 2. The minimum Gasteiger partial charge on any atom is -0.494 e. The van der Waals surface area contributed by atoms with E-state index in [0.29, 0.717) is 28.7 Å². The monoisotopic (exact) mass is 419 g/mol. The standard InChI is InChI=1S/C22H22FN7O/c1-14-7-8-16(13-24-14)27-22-29-19(9-10-30(22)2)28-18-6-4-5-17(20(18)31-3)21-25-11-15(23)12-26-21/h4-13,22,27H,1-3H3,(H,28,29). The van der Waals surface area contributed by atoms with Crippen LogP contribution in [0, 0.1) is 12.7 Å². The van der Waals surface area contributed by atoms with Crippen LogP contribution in [0.1, 0.15) is 5.69 Å². The van der Waals surface area contributed by atoms with E-state index >= 15 is 0 Å². The van der Waals surface area contributed by atoms with Gasteiger partial charge in [-0.3, -0.25) is 4.98 Å². The van der Waals surface area contributed by atoms with E-state index in [9.17, 15) is 4.39 Å². The summed E-state index contributed by atoms with van der Waals surface area (Å²) in [5.41, 5.74) is 3.15.